The molecule has 9 heteroatoms. The van der Waals surface area contributed by atoms with Crippen LogP contribution in [0.1, 0.15) is 12.0 Å². The van der Waals surface area contributed by atoms with Gasteiger partial charge in [-0.25, -0.2) is 12.8 Å². The van der Waals surface area contributed by atoms with Gasteiger partial charge >= 0.3 is 0 Å². The Morgan fingerprint density at radius 1 is 1.18 bits per heavy atom. The monoisotopic (exact) mass is 427 g/mol. The summed E-state index contributed by atoms with van der Waals surface area (Å²) in [5.74, 6) is -0.468. The highest BCUT2D eigenvalue weighted by atomic mass is 35.5. The maximum Gasteiger partial charge on any atom is 0.261 e. The Morgan fingerprint density at radius 2 is 1.82 bits per heavy atom. The van der Waals surface area contributed by atoms with Crippen LogP contribution in [0.5, 0.6) is 0 Å². The van der Waals surface area contributed by atoms with Crippen molar-refractivity contribution in [2.75, 3.05) is 24.9 Å². The third-order valence-corrected chi connectivity index (χ3v) is 6.06. The van der Waals surface area contributed by atoms with Crippen LogP contribution in [-0.2, 0) is 21.2 Å². The quantitative estimate of drug-likeness (QED) is 0.742. The van der Waals surface area contributed by atoms with Crippen LogP contribution in [0.4, 0.5) is 10.1 Å². The maximum absolute atomic E-state index is 13.0. The summed E-state index contributed by atoms with van der Waals surface area (Å²) >= 11 is 0. The van der Waals surface area contributed by atoms with Crippen LogP contribution in [0.25, 0.3) is 0 Å². The number of amides is 1. The van der Waals surface area contributed by atoms with Crippen LogP contribution in [0.3, 0.4) is 0 Å². The number of benzene rings is 2. The van der Waals surface area contributed by atoms with E-state index in [1.54, 1.807) is 29.2 Å². The molecule has 2 aromatic rings. The molecule has 1 atom stereocenters. The molecule has 1 saturated heterocycles. The first-order valence-corrected chi connectivity index (χ1v) is 10.2. The summed E-state index contributed by atoms with van der Waals surface area (Å²) in [4.78, 5) is 14.1. The molecule has 1 heterocycles. The molecular formula is C19H23ClFN3O3S. The molecule has 3 rings (SSSR count). The van der Waals surface area contributed by atoms with Crippen LogP contribution in [0.2, 0.25) is 0 Å². The molecule has 6 nitrogen and oxygen atoms in total. The van der Waals surface area contributed by atoms with Gasteiger partial charge in [0.05, 0.1) is 11.3 Å². The first kappa shape index (κ1) is 22.1. The average Bonchev–Trinajstić information content (AvgIpc) is 3.17. The van der Waals surface area contributed by atoms with Gasteiger partial charge in [-0.1, -0.05) is 12.1 Å². The fourth-order valence-corrected chi connectivity index (χ4v) is 4.05. The molecule has 0 bridgehead atoms. The molecule has 1 amide bonds. The van der Waals surface area contributed by atoms with Gasteiger partial charge in [-0.2, -0.15) is 0 Å². The zero-order valence-electron chi connectivity index (χ0n) is 15.4. The predicted octanol–water partition coefficient (Wildman–Crippen LogP) is 2.41. The molecule has 1 aliphatic heterocycles. The van der Waals surface area contributed by atoms with Crippen molar-refractivity contribution < 1.29 is 17.6 Å². The summed E-state index contributed by atoms with van der Waals surface area (Å²) in [6, 6.07) is 11.5. The van der Waals surface area contributed by atoms with Gasteiger partial charge in [0.2, 0.25) is 5.91 Å². The van der Waals surface area contributed by atoms with Gasteiger partial charge in [0.25, 0.3) is 10.0 Å². The van der Waals surface area contributed by atoms with Crippen molar-refractivity contribution in [2.45, 2.75) is 23.8 Å². The standard InChI is InChI=1S/C19H22FN3O3S.ClH/c1-23(17-10-11-21-13-17)19(24)12-14-2-6-16(7-3-14)22-27(25,26)18-8-4-15(20)5-9-18;/h2-9,17,21-22H,10-13H2,1H3;1H. The van der Waals surface area contributed by atoms with Crippen molar-refractivity contribution in [1.29, 1.82) is 0 Å². The average molecular weight is 428 g/mol. The van der Waals surface area contributed by atoms with Crippen LogP contribution < -0.4 is 10.0 Å². The Balaban J connectivity index is 0.00000280. The normalized spacial score (nSPS) is 16.3. The van der Waals surface area contributed by atoms with Crippen molar-refractivity contribution in [3.63, 3.8) is 0 Å². The van der Waals surface area contributed by atoms with Crippen molar-refractivity contribution in [2.24, 2.45) is 0 Å². The van der Waals surface area contributed by atoms with E-state index in [0.717, 1.165) is 37.2 Å². The lowest BCUT2D eigenvalue weighted by molar-refractivity contribution is -0.130. The zero-order chi connectivity index (χ0) is 19.4. The predicted molar refractivity (Wildman–Crippen MR) is 109 cm³/mol. The summed E-state index contributed by atoms with van der Waals surface area (Å²) in [6.45, 7) is 1.73. The fraction of sp³-hybridized carbons (Fsp3) is 0.316. The smallest absolute Gasteiger partial charge is 0.261 e. The molecule has 28 heavy (non-hydrogen) atoms. The highest BCUT2D eigenvalue weighted by Crippen LogP contribution is 2.18. The topological polar surface area (TPSA) is 78.5 Å². The molecule has 2 N–H and O–H groups in total. The van der Waals surface area contributed by atoms with E-state index in [0.29, 0.717) is 5.69 Å². The number of anilines is 1. The van der Waals surface area contributed by atoms with Gasteiger partial charge in [-0.15, -0.1) is 12.4 Å². The van der Waals surface area contributed by atoms with E-state index in [-0.39, 0.29) is 35.7 Å². The second kappa shape index (κ2) is 9.36. The Hall–Kier alpha value is -2.16. The summed E-state index contributed by atoms with van der Waals surface area (Å²) in [5, 5.41) is 3.24. The maximum atomic E-state index is 13.0. The molecule has 1 aliphatic rings. The Morgan fingerprint density at radius 3 is 2.39 bits per heavy atom. The summed E-state index contributed by atoms with van der Waals surface area (Å²) < 4.78 is 40.0. The second-order valence-corrected chi connectivity index (χ2v) is 8.27. The van der Waals surface area contributed by atoms with Gasteiger partial charge in [0.1, 0.15) is 5.82 Å². The second-order valence-electron chi connectivity index (χ2n) is 6.58. The number of likely N-dealkylation sites (N-methyl/N-ethyl adjacent to an activating group) is 1. The van der Waals surface area contributed by atoms with Gasteiger partial charge in [-0.3, -0.25) is 9.52 Å². The molecule has 0 saturated carbocycles. The third kappa shape index (κ3) is 5.43. The summed E-state index contributed by atoms with van der Waals surface area (Å²) in [7, 11) is -1.98. The molecular weight excluding hydrogens is 405 g/mol. The van der Waals surface area contributed by atoms with E-state index in [1.807, 2.05) is 7.05 Å². The van der Waals surface area contributed by atoms with E-state index in [9.17, 15) is 17.6 Å². The minimum absolute atomic E-state index is 0. The zero-order valence-corrected chi connectivity index (χ0v) is 17.0. The van der Waals surface area contributed by atoms with Crippen LogP contribution >= 0.6 is 12.4 Å². The van der Waals surface area contributed by atoms with E-state index in [1.165, 1.54) is 12.1 Å². The Kier molecular flexibility index (Phi) is 7.40. The third-order valence-electron chi connectivity index (χ3n) is 4.66. The van der Waals surface area contributed by atoms with Crippen LogP contribution in [0, 0.1) is 5.82 Å². The number of carbonyl (C=O) groups excluding carboxylic acids is 1. The van der Waals surface area contributed by atoms with Gasteiger partial charge in [0.15, 0.2) is 0 Å². The number of nitrogens with one attached hydrogen (secondary N) is 2. The molecule has 1 fully saturated rings. The van der Waals surface area contributed by atoms with Crippen molar-refractivity contribution in [3.8, 4) is 0 Å². The van der Waals surface area contributed by atoms with Gasteiger partial charge in [-0.05, 0) is 54.9 Å². The minimum Gasteiger partial charge on any atom is -0.341 e. The fourth-order valence-electron chi connectivity index (χ4n) is 2.99. The first-order chi connectivity index (χ1) is 12.8. The van der Waals surface area contributed by atoms with E-state index >= 15 is 0 Å². The van der Waals surface area contributed by atoms with E-state index in [2.05, 4.69) is 10.0 Å². The SMILES string of the molecule is CN(C(=O)Cc1ccc(NS(=O)(=O)c2ccc(F)cc2)cc1)C1CCNC1.Cl. The van der Waals surface area contributed by atoms with Crippen molar-refractivity contribution in [1.82, 2.24) is 10.2 Å². The summed E-state index contributed by atoms with van der Waals surface area (Å²) in [5.41, 5.74) is 1.19. The van der Waals surface area contributed by atoms with E-state index < -0.39 is 15.8 Å². The van der Waals surface area contributed by atoms with Crippen LogP contribution in [0.15, 0.2) is 53.4 Å². The number of nitrogens with zero attached hydrogens (tertiary/aromatic N) is 1. The number of hydrogen-bond acceptors (Lipinski definition) is 4. The Labute approximate surface area is 170 Å². The van der Waals surface area contributed by atoms with Crippen LogP contribution in [-0.4, -0.2) is 45.4 Å². The largest absolute Gasteiger partial charge is 0.341 e. The molecule has 0 aliphatic carbocycles. The highest BCUT2D eigenvalue weighted by Gasteiger charge is 2.23. The molecule has 0 radical (unpaired) electrons. The van der Waals surface area contributed by atoms with E-state index in [4.69, 9.17) is 0 Å². The Bertz CT molecular complexity index is 899. The number of carbonyl (C=O) groups is 1. The number of halogens is 2. The molecule has 2 aromatic carbocycles. The number of sulfonamides is 1. The number of hydrogen-bond donors (Lipinski definition) is 2. The lowest BCUT2D eigenvalue weighted by Crippen LogP contribution is -2.39. The molecule has 1 unspecified atom stereocenters. The number of rotatable bonds is 6. The molecule has 0 aromatic heterocycles. The van der Waals surface area contributed by atoms with Crippen molar-refractivity contribution >= 4 is 34.0 Å². The molecule has 152 valence electrons. The van der Waals surface area contributed by atoms with Gasteiger partial charge in [0, 0.05) is 25.3 Å². The van der Waals surface area contributed by atoms with Gasteiger partial charge < -0.3 is 10.2 Å². The van der Waals surface area contributed by atoms with Crippen molar-refractivity contribution in [3.05, 3.63) is 59.9 Å². The lowest BCUT2D eigenvalue weighted by atomic mass is 10.1. The highest BCUT2D eigenvalue weighted by molar-refractivity contribution is 7.92. The molecule has 0 spiro atoms. The lowest BCUT2D eigenvalue weighted by Gasteiger charge is -2.23. The summed E-state index contributed by atoms with van der Waals surface area (Å²) in [6.07, 6.45) is 1.21. The minimum atomic E-state index is -3.79. The first-order valence-electron chi connectivity index (χ1n) is 8.69.